The van der Waals surface area contributed by atoms with Crippen LogP contribution in [0.5, 0.6) is 0 Å². The molecular weight excluding hydrogens is 1270 g/mol. The minimum absolute atomic E-state index is 0.0410. The van der Waals surface area contributed by atoms with Gasteiger partial charge in [0.15, 0.2) is 0 Å². The van der Waals surface area contributed by atoms with Gasteiger partial charge in [0.1, 0.15) is 40.8 Å². The van der Waals surface area contributed by atoms with Crippen LogP contribution in [0.2, 0.25) is 0 Å². The van der Waals surface area contributed by atoms with Gasteiger partial charge in [-0.05, 0) is 52.0 Å². The highest BCUT2D eigenvalue weighted by Gasteiger charge is 2.16. The van der Waals surface area contributed by atoms with Gasteiger partial charge in [-0.1, -0.05) is 0 Å². The molecule has 0 spiro atoms. The molecule has 0 radical (unpaired) electrons. The Morgan fingerprint density at radius 1 is 0.247 bits per heavy atom. The minimum Gasteiger partial charge on any atom is -0.481 e. The normalized spacial score (nSPS) is 10.9. The molecule has 524 valence electrons. The summed E-state index contributed by atoms with van der Waals surface area (Å²) in [7, 11) is 0. The molecule has 6 rings (SSSR count). The summed E-state index contributed by atoms with van der Waals surface area (Å²) in [6.45, 7) is 4.43. The zero-order chi connectivity index (χ0) is 69.6. The number of hydrogen-bond acceptors (Lipinski definition) is 36. The number of hydrogen-bond donors (Lipinski definition) is 18. The molecule has 0 bridgehead atoms. The number of nitrogens with two attached hydrogens (primary N) is 1. The summed E-state index contributed by atoms with van der Waals surface area (Å²) in [5.74, 6) is -0.520. The predicted octanol–water partition coefficient (Wildman–Crippen LogP) is 0.539. The summed E-state index contributed by atoms with van der Waals surface area (Å²) in [5.41, 5.74) is 5.69. The molecule has 42 heteroatoms. The maximum absolute atomic E-state index is 11.4. The van der Waals surface area contributed by atoms with Gasteiger partial charge >= 0.3 is 35.8 Å². The van der Waals surface area contributed by atoms with Gasteiger partial charge in [-0.25, -0.2) is 4.98 Å². The molecule has 19 N–H and O–H groups in total. The maximum Gasteiger partial charge on any atom is 0.305 e. The molecule has 97 heavy (non-hydrogen) atoms. The third-order valence-corrected chi connectivity index (χ3v) is 12.8. The van der Waals surface area contributed by atoms with Crippen LogP contribution < -0.4 is 64.2 Å². The lowest BCUT2D eigenvalue weighted by Gasteiger charge is -2.12. The second kappa shape index (κ2) is 41.4. The topological polar surface area (TPSA) is 614 Å². The summed E-state index contributed by atoms with van der Waals surface area (Å²) >= 11 is 0. The van der Waals surface area contributed by atoms with E-state index in [2.05, 4.69) is 148 Å². The zero-order valence-corrected chi connectivity index (χ0v) is 53.5. The Hall–Kier alpha value is -11.4. The van der Waals surface area contributed by atoms with Gasteiger partial charge in [-0.3, -0.25) is 28.8 Å². The lowest BCUT2D eigenvalue weighted by atomic mass is 10.3. The van der Waals surface area contributed by atoms with Crippen LogP contribution in [-0.4, -0.2) is 235 Å². The van der Waals surface area contributed by atoms with Gasteiger partial charge in [0.2, 0.25) is 65.4 Å². The van der Waals surface area contributed by atoms with Crippen LogP contribution in [0.4, 0.5) is 65.4 Å². The van der Waals surface area contributed by atoms with Gasteiger partial charge < -0.3 is 94.9 Å². The van der Waals surface area contributed by atoms with Gasteiger partial charge in [0, 0.05) is 111 Å². The van der Waals surface area contributed by atoms with Crippen molar-refractivity contribution < 1.29 is 59.4 Å². The lowest BCUT2D eigenvalue weighted by molar-refractivity contribution is -0.137. The number of carbonyl (C=O) groups is 6. The molecule has 0 saturated heterocycles. The van der Waals surface area contributed by atoms with Crippen LogP contribution in [0.1, 0.15) is 118 Å². The molecule has 42 nitrogen and oxygen atoms in total. The van der Waals surface area contributed by atoms with Crippen molar-refractivity contribution in [1.82, 2.24) is 89.7 Å². The first-order chi connectivity index (χ1) is 46.8. The number of aromatic nitrogens is 18. The van der Waals surface area contributed by atoms with Crippen LogP contribution in [0.15, 0.2) is 0 Å². The Labute approximate surface area is 554 Å². The molecule has 0 saturated carbocycles. The van der Waals surface area contributed by atoms with Gasteiger partial charge in [-0.15, -0.1) is 0 Å². The largest absolute Gasteiger partial charge is 0.481 e. The Morgan fingerprint density at radius 3 is 0.598 bits per heavy atom. The third kappa shape index (κ3) is 31.4. The number of nitrogens with zero attached hydrogens (tertiary/aromatic N) is 18. The van der Waals surface area contributed by atoms with E-state index >= 15 is 0 Å². The van der Waals surface area contributed by atoms with E-state index < -0.39 is 35.8 Å². The minimum atomic E-state index is -1.02. The Bertz CT molecular complexity index is 3530. The molecule has 0 unspecified atom stereocenters. The van der Waals surface area contributed by atoms with Crippen LogP contribution in [0.25, 0.3) is 0 Å². The highest BCUT2D eigenvalue weighted by Crippen LogP contribution is 2.16. The van der Waals surface area contributed by atoms with E-state index in [9.17, 15) is 49.2 Å². The molecule has 6 aromatic rings. The average molecular weight is 1360 g/mol. The molecule has 0 aliphatic rings. The Balaban J connectivity index is 1.04. The second-order valence-electron chi connectivity index (χ2n) is 21.1. The first-order valence-corrected chi connectivity index (χ1v) is 31.4. The van der Waals surface area contributed by atoms with Gasteiger partial charge in [0.05, 0.1) is 38.5 Å². The standard InChI is InChI=1S/C55H82N30O12/c1-32-68-33(70-45(69-32)62-26-14-39(86)87)9-3-21-57-47-73-35(77-52(82-47)64-28-16-41(90)91)11-5-23-59-49-75-37(79-54(84-49)66-30-18-43(94)95)13-7-25-61-50-76-38(80-55(85-50)67-31-19-44(96)97)12-6-24-60-48-74-36(78-53(83-48)65-29-17-42(92)93)10-4-22-58-46-71-34(8-2-20-56)72-51(81-46)63-27-15-40(88)89/h2-31,56H2,1H3,(H,86,87)(H,88,89)(H,90,91)(H,92,93)(H,94,95)(H,96,97)(H,62,68,69,70)(H2,57,64,73,77,82)(H2,58,63,71,72,81)(H2,59,66,75,79,84)(H2,60,65,74,78,83)(H2,61,67,76,80,85). The lowest BCUT2D eigenvalue weighted by Crippen LogP contribution is -2.17. The molecule has 0 amide bonds. The summed E-state index contributed by atoms with van der Waals surface area (Å²) in [6, 6.07) is 0. The number of carboxylic acid groups (broad SMARTS) is 6. The van der Waals surface area contributed by atoms with E-state index in [1.807, 2.05) is 0 Å². The van der Waals surface area contributed by atoms with Crippen molar-refractivity contribution in [2.24, 2.45) is 5.73 Å². The number of aryl methyl sites for hydroxylation is 7. The van der Waals surface area contributed by atoms with Crippen molar-refractivity contribution in [3.8, 4) is 0 Å². The maximum atomic E-state index is 11.4. The number of nitrogens with one attached hydrogen (secondary N) is 11. The molecule has 6 aromatic heterocycles. The van der Waals surface area contributed by atoms with Gasteiger partial charge in [-0.2, -0.15) is 84.7 Å². The first-order valence-electron chi connectivity index (χ1n) is 31.4. The van der Waals surface area contributed by atoms with Crippen LogP contribution in [-0.2, 0) is 67.3 Å². The monoisotopic (exact) mass is 1350 g/mol. The Kier molecular flexibility index (Phi) is 31.8. The second-order valence-corrected chi connectivity index (χ2v) is 21.1. The number of carboxylic acids is 6. The first kappa shape index (κ1) is 74.7. The quantitative estimate of drug-likeness (QED) is 0.0232. The summed E-state index contributed by atoms with van der Waals surface area (Å²) in [4.78, 5) is 148. The van der Waals surface area contributed by atoms with Crippen molar-refractivity contribution >= 4 is 101 Å². The molecule has 6 heterocycles. The number of aliphatic carboxylic acids is 6. The highest BCUT2D eigenvalue weighted by atomic mass is 16.4. The van der Waals surface area contributed by atoms with Crippen molar-refractivity contribution in [2.75, 3.05) is 137 Å². The molecule has 0 aliphatic carbocycles. The SMILES string of the molecule is Cc1nc(CCCNc2nc(CCCNc3nc(CCCNc4nc(CCCNc5nc(CCCNc6nc(CCCN)nc(NCCC(=O)O)n6)nc(NCCC(=O)O)n5)nc(NCCC(=O)O)n4)nc(NCCC(=O)O)n3)nc(NCCC(=O)O)n2)nc(NCCC(=O)O)n1. The molecule has 0 aromatic carbocycles. The van der Waals surface area contributed by atoms with Gasteiger partial charge in [0.25, 0.3) is 0 Å². The number of rotatable bonds is 52. The van der Waals surface area contributed by atoms with E-state index in [-0.39, 0.29) is 137 Å². The third-order valence-electron chi connectivity index (χ3n) is 12.8. The van der Waals surface area contributed by atoms with E-state index in [4.69, 9.17) is 15.9 Å². The van der Waals surface area contributed by atoms with E-state index in [0.29, 0.717) is 163 Å². The van der Waals surface area contributed by atoms with Crippen molar-refractivity contribution in [1.29, 1.82) is 0 Å². The van der Waals surface area contributed by atoms with Crippen LogP contribution >= 0.6 is 0 Å². The fourth-order valence-electron chi connectivity index (χ4n) is 8.36. The van der Waals surface area contributed by atoms with E-state index in [1.165, 1.54) is 0 Å². The summed E-state index contributed by atoms with van der Waals surface area (Å²) in [6.07, 6.45) is 4.47. The fraction of sp³-hybridized carbons (Fsp3) is 0.564. The van der Waals surface area contributed by atoms with Crippen LogP contribution in [0.3, 0.4) is 0 Å². The predicted molar refractivity (Wildman–Crippen MR) is 350 cm³/mol. The molecule has 0 aliphatic heterocycles. The number of anilines is 11. The molecule has 0 fully saturated rings. The molecule has 0 atom stereocenters. The smallest absolute Gasteiger partial charge is 0.305 e. The van der Waals surface area contributed by atoms with E-state index in [1.54, 1.807) is 6.92 Å². The van der Waals surface area contributed by atoms with Crippen molar-refractivity contribution in [3.63, 3.8) is 0 Å². The summed E-state index contributed by atoms with van der Waals surface area (Å²) in [5, 5.41) is 88.6. The average Bonchev–Trinajstić information content (AvgIpc) is 2.33. The zero-order valence-electron chi connectivity index (χ0n) is 53.5. The van der Waals surface area contributed by atoms with Crippen molar-refractivity contribution in [3.05, 3.63) is 40.8 Å². The summed E-state index contributed by atoms with van der Waals surface area (Å²) < 4.78 is 0. The molecular formula is C55H82N30O12. The van der Waals surface area contributed by atoms with Crippen molar-refractivity contribution in [2.45, 2.75) is 122 Å². The Morgan fingerprint density at radius 2 is 0.412 bits per heavy atom. The van der Waals surface area contributed by atoms with E-state index in [0.717, 1.165) is 0 Å². The van der Waals surface area contributed by atoms with Crippen LogP contribution in [0, 0.1) is 6.92 Å². The highest BCUT2D eigenvalue weighted by molar-refractivity contribution is 5.69. The fourth-order valence-corrected chi connectivity index (χ4v) is 8.36.